The average Bonchev–Trinajstić information content (AvgIpc) is 2.99. The monoisotopic (exact) mass is 465 g/mol. The molecule has 1 heterocycles. The zero-order valence-electron chi connectivity index (χ0n) is 15.8. The Bertz CT molecular complexity index is 951. The van der Waals surface area contributed by atoms with Crippen LogP contribution < -0.4 is 0 Å². The zero-order valence-corrected chi connectivity index (χ0v) is 18.2. The highest BCUT2D eigenvalue weighted by molar-refractivity contribution is 9.10. The molecule has 1 saturated heterocycles. The molecule has 0 unspecified atom stereocenters. The van der Waals surface area contributed by atoms with Crippen molar-refractivity contribution in [2.75, 3.05) is 13.1 Å². The first kappa shape index (κ1) is 21.0. The van der Waals surface area contributed by atoms with Crippen molar-refractivity contribution in [2.24, 2.45) is 10.2 Å². The van der Waals surface area contributed by atoms with Crippen LogP contribution >= 0.6 is 15.9 Å². The third-order valence-corrected chi connectivity index (χ3v) is 7.34. The number of aryl methyl sites for hydroxylation is 1. The van der Waals surface area contributed by atoms with Crippen LogP contribution in [0.4, 0.5) is 11.4 Å². The fourth-order valence-corrected chi connectivity index (χ4v) is 5.16. The summed E-state index contributed by atoms with van der Waals surface area (Å²) in [5.41, 5.74) is 1.91. The molecule has 28 heavy (non-hydrogen) atoms. The summed E-state index contributed by atoms with van der Waals surface area (Å²) in [4.78, 5) is 0.270. The molecule has 0 aliphatic carbocycles. The van der Waals surface area contributed by atoms with E-state index < -0.39 is 10.0 Å². The second-order valence-electron chi connectivity index (χ2n) is 6.81. The largest absolute Gasteiger partial charge is 0.505 e. The maximum atomic E-state index is 12.8. The van der Waals surface area contributed by atoms with Gasteiger partial charge in [0, 0.05) is 13.1 Å². The second-order valence-corrected chi connectivity index (χ2v) is 9.60. The fourth-order valence-electron chi connectivity index (χ4n) is 3.15. The molecule has 150 valence electrons. The fraction of sp³-hybridized carbons (Fsp3) is 0.400. The first-order chi connectivity index (χ1) is 13.4. The van der Waals surface area contributed by atoms with Crippen molar-refractivity contribution in [3.05, 3.63) is 46.4 Å². The number of halogens is 1. The SMILES string of the molecule is CCc1cc(Br)c(O)c(N=Nc2ccc(S(=O)(=O)N3CCCCCC3)cc2)c1. The van der Waals surface area contributed by atoms with Crippen LogP contribution in [0.15, 0.2) is 56.0 Å². The van der Waals surface area contributed by atoms with E-state index in [-0.39, 0.29) is 10.6 Å². The van der Waals surface area contributed by atoms with Gasteiger partial charge in [-0.05, 0) is 77.2 Å². The van der Waals surface area contributed by atoms with E-state index in [0.29, 0.717) is 28.9 Å². The Morgan fingerprint density at radius 3 is 2.29 bits per heavy atom. The quantitative estimate of drug-likeness (QED) is 0.574. The van der Waals surface area contributed by atoms with Crippen molar-refractivity contribution >= 4 is 37.3 Å². The molecule has 1 fully saturated rings. The number of sulfonamides is 1. The summed E-state index contributed by atoms with van der Waals surface area (Å²) in [6.07, 6.45) is 4.77. The first-order valence-corrected chi connectivity index (χ1v) is 11.7. The molecule has 8 heteroatoms. The Kier molecular flexibility index (Phi) is 6.85. The number of hydrogen-bond donors (Lipinski definition) is 1. The van der Waals surface area contributed by atoms with Crippen LogP contribution in [0.2, 0.25) is 0 Å². The van der Waals surface area contributed by atoms with Crippen LogP contribution in [0.5, 0.6) is 5.75 Å². The normalized spacial score (nSPS) is 16.4. The molecule has 0 atom stereocenters. The van der Waals surface area contributed by atoms with Gasteiger partial charge in [0.05, 0.1) is 15.1 Å². The molecule has 1 aliphatic heterocycles. The number of rotatable bonds is 5. The van der Waals surface area contributed by atoms with E-state index in [0.717, 1.165) is 37.7 Å². The van der Waals surface area contributed by atoms with Crippen LogP contribution in [-0.2, 0) is 16.4 Å². The summed E-state index contributed by atoms with van der Waals surface area (Å²) in [6, 6.07) is 10.0. The molecule has 0 aromatic heterocycles. The highest BCUT2D eigenvalue weighted by Gasteiger charge is 2.24. The third-order valence-electron chi connectivity index (χ3n) is 4.82. The molecule has 2 aromatic carbocycles. The van der Waals surface area contributed by atoms with Gasteiger partial charge in [-0.25, -0.2) is 8.42 Å². The van der Waals surface area contributed by atoms with E-state index in [4.69, 9.17) is 0 Å². The average molecular weight is 466 g/mol. The Labute approximate surface area is 174 Å². The number of phenols is 1. The molecule has 1 N–H and O–H groups in total. The third kappa shape index (κ3) is 4.79. The summed E-state index contributed by atoms with van der Waals surface area (Å²) in [5, 5.41) is 18.4. The summed E-state index contributed by atoms with van der Waals surface area (Å²) < 4.78 is 27.8. The Hall–Kier alpha value is -1.77. The van der Waals surface area contributed by atoms with E-state index in [1.807, 2.05) is 13.0 Å². The van der Waals surface area contributed by atoms with Crippen molar-refractivity contribution in [1.29, 1.82) is 0 Å². The van der Waals surface area contributed by atoms with Crippen LogP contribution in [0, 0.1) is 0 Å². The molecular formula is C20H24BrN3O3S. The van der Waals surface area contributed by atoms with E-state index in [1.54, 1.807) is 34.6 Å². The van der Waals surface area contributed by atoms with Gasteiger partial charge in [0.15, 0.2) is 5.75 Å². The van der Waals surface area contributed by atoms with Crippen LogP contribution in [0.3, 0.4) is 0 Å². The van der Waals surface area contributed by atoms with Gasteiger partial charge in [-0.15, -0.1) is 5.11 Å². The van der Waals surface area contributed by atoms with Gasteiger partial charge in [-0.2, -0.15) is 9.42 Å². The van der Waals surface area contributed by atoms with Gasteiger partial charge in [-0.1, -0.05) is 19.8 Å². The Morgan fingerprint density at radius 1 is 1.04 bits per heavy atom. The molecule has 3 rings (SSSR count). The highest BCUT2D eigenvalue weighted by atomic mass is 79.9. The molecular weight excluding hydrogens is 442 g/mol. The van der Waals surface area contributed by atoms with Crippen LogP contribution in [-0.4, -0.2) is 30.9 Å². The molecule has 6 nitrogen and oxygen atoms in total. The van der Waals surface area contributed by atoms with E-state index in [1.165, 1.54) is 0 Å². The smallest absolute Gasteiger partial charge is 0.243 e. The molecule has 1 aliphatic rings. The topological polar surface area (TPSA) is 82.3 Å². The lowest BCUT2D eigenvalue weighted by molar-refractivity contribution is 0.424. The molecule has 0 amide bonds. The summed E-state index contributed by atoms with van der Waals surface area (Å²) in [5.74, 6) is 0.0290. The minimum absolute atomic E-state index is 0.0290. The first-order valence-electron chi connectivity index (χ1n) is 9.45. The highest BCUT2D eigenvalue weighted by Crippen LogP contribution is 2.36. The number of aromatic hydroxyl groups is 1. The molecule has 0 radical (unpaired) electrons. The van der Waals surface area contributed by atoms with Gasteiger partial charge < -0.3 is 5.11 Å². The van der Waals surface area contributed by atoms with Crippen molar-refractivity contribution in [3.63, 3.8) is 0 Å². The van der Waals surface area contributed by atoms with Gasteiger partial charge >= 0.3 is 0 Å². The van der Waals surface area contributed by atoms with Crippen molar-refractivity contribution in [2.45, 2.75) is 43.9 Å². The Morgan fingerprint density at radius 2 is 1.68 bits per heavy atom. The lowest BCUT2D eigenvalue weighted by Crippen LogP contribution is -2.31. The summed E-state index contributed by atoms with van der Waals surface area (Å²) in [7, 11) is -3.48. The van der Waals surface area contributed by atoms with Gasteiger partial charge in [0.25, 0.3) is 0 Å². The van der Waals surface area contributed by atoms with Gasteiger partial charge in [0.1, 0.15) is 5.69 Å². The van der Waals surface area contributed by atoms with Gasteiger partial charge in [-0.3, -0.25) is 0 Å². The lowest BCUT2D eigenvalue weighted by atomic mass is 10.1. The number of hydrogen-bond acceptors (Lipinski definition) is 5. The number of nitrogens with zero attached hydrogens (tertiary/aromatic N) is 3. The second kappa shape index (κ2) is 9.15. The summed E-state index contributed by atoms with van der Waals surface area (Å²) >= 11 is 3.32. The maximum Gasteiger partial charge on any atom is 0.243 e. The maximum absolute atomic E-state index is 12.8. The van der Waals surface area contributed by atoms with E-state index >= 15 is 0 Å². The predicted octanol–water partition coefficient (Wildman–Crippen LogP) is 5.70. The zero-order chi connectivity index (χ0) is 20.1. The van der Waals surface area contributed by atoms with Crippen LogP contribution in [0.25, 0.3) is 0 Å². The Balaban J connectivity index is 1.79. The minimum Gasteiger partial charge on any atom is -0.505 e. The van der Waals surface area contributed by atoms with E-state index in [2.05, 4.69) is 26.2 Å². The predicted molar refractivity (Wildman–Crippen MR) is 113 cm³/mol. The molecule has 0 bridgehead atoms. The van der Waals surface area contributed by atoms with E-state index in [9.17, 15) is 13.5 Å². The molecule has 0 saturated carbocycles. The van der Waals surface area contributed by atoms with Crippen molar-refractivity contribution in [3.8, 4) is 5.75 Å². The summed E-state index contributed by atoms with van der Waals surface area (Å²) in [6.45, 7) is 3.17. The molecule has 2 aromatic rings. The lowest BCUT2D eigenvalue weighted by Gasteiger charge is -2.19. The van der Waals surface area contributed by atoms with Gasteiger partial charge in [0.2, 0.25) is 10.0 Å². The molecule has 0 spiro atoms. The number of azo groups is 1. The number of benzene rings is 2. The van der Waals surface area contributed by atoms with Crippen molar-refractivity contribution < 1.29 is 13.5 Å². The number of phenolic OH excluding ortho intramolecular Hbond substituents is 1. The minimum atomic E-state index is -3.48. The standard InChI is InChI=1S/C20H24BrN3O3S/c1-2-15-13-18(21)20(25)19(14-15)23-22-16-7-9-17(10-8-16)28(26,27)24-11-5-3-4-6-12-24/h7-10,13-14,25H,2-6,11-12H2,1H3. The van der Waals surface area contributed by atoms with Crippen molar-refractivity contribution in [1.82, 2.24) is 4.31 Å². The van der Waals surface area contributed by atoms with Crippen LogP contribution in [0.1, 0.15) is 38.2 Å².